The second-order valence-electron chi connectivity index (χ2n) is 4.86. The van der Waals surface area contributed by atoms with Crippen LogP contribution >= 0.6 is 11.3 Å². The van der Waals surface area contributed by atoms with Gasteiger partial charge in [0.05, 0.1) is 6.54 Å². The Morgan fingerprint density at radius 2 is 1.96 bits per heavy atom. The summed E-state index contributed by atoms with van der Waals surface area (Å²) in [5, 5.41) is 6.20. The highest BCUT2D eigenvalue weighted by atomic mass is 32.1. The summed E-state index contributed by atoms with van der Waals surface area (Å²) in [4.78, 5) is 6.99. The zero-order valence-electron chi connectivity index (χ0n) is 13.5. The van der Waals surface area contributed by atoms with Crippen molar-refractivity contribution in [3.8, 4) is 0 Å². The summed E-state index contributed by atoms with van der Waals surface area (Å²) in [7, 11) is 0. The maximum Gasteiger partial charge on any atom is 0.411 e. The van der Waals surface area contributed by atoms with Crippen molar-refractivity contribution in [2.75, 3.05) is 26.3 Å². The average Bonchev–Trinajstić information content (AvgIpc) is 2.95. The van der Waals surface area contributed by atoms with E-state index >= 15 is 0 Å². The zero-order chi connectivity index (χ0) is 17.1. The number of aryl methyl sites for hydroxylation is 1. The van der Waals surface area contributed by atoms with Crippen LogP contribution in [0.1, 0.15) is 30.0 Å². The first-order valence-corrected chi connectivity index (χ1v) is 8.50. The molecule has 0 saturated carbocycles. The summed E-state index contributed by atoms with van der Waals surface area (Å²) in [6.07, 6.45) is -2.76. The molecule has 1 aromatic heterocycles. The molecular formula is C15H24F3N3OS. The smallest absolute Gasteiger partial charge is 0.372 e. The number of nitrogens with one attached hydrogen (secondary N) is 2. The predicted molar refractivity (Wildman–Crippen MR) is 88.0 cm³/mol. The quantitative estimate of drug-likeness (QED) is 0.407. The van der Waals surface area contributed by atoms with E-state index in [-0.39, 0.29) is 6.61 Å². The number of halogens is 3. The van der Waals surface area contributed by atoms with E-state index in [9.17, 15) is 13.2 Å². The number of aliphatic imine (C=N–C) groups is 1. The van der Waals surface area contributed by atoms with Crippen LogP contribution in [0.15, 0.2) is 17.1 Å². The lowest BCUT2D eigenvalue weighted by molar-refractivity contribution is -0.173. The minimum Gasteiger partial charge on any atom is -0.372 e. The molecule has 4 nitrogen and oxygen atoms in total. The number of thiophene rings is 1. The fraction of sp³-hybridized carbons (Fsp3) is 0.667. The van der Waals surface area contributed by atoms with Gasteiger partial charge in [-0.25, -0.2) is 4.99 Å². The normalized spacial score (nSPS) is 12.5. The van der Waals surface area contributed by atoms with Crippen LogP contribution in [0.4, 0.5) is 13.2 Å². The van der Waals surface area contributed by atoms with Crippen molar-refractivity contribution in [2.45, 2.75) is 39.4 Å². The molecule has 1 heterocycles. The van der Waals surface area contributed by atoms with Gasteiger partial charge in [-0.3, -0.25) is 0 Å². The highest BCUT2D eigenvalue weighted by Crippen LogP contribution is 2.17. The Balaban J connectivity index is 2.29. The summed E-state index contributed by atoms with van der Waals surface area (Å²) < 4.78 is 40.3. The van der Waals surface area contributed by atoms with Crippen molar-refractivity contribution in [2.24, 2.45) is 4.99 Å². The van der Waals surface area contributed by atoms with Crippen LogP contribution in [-0.4, -0.2) is 38.4 Å². The van der Waals surface area contributed by atoms with Gasteiger partial charge < -0.3 is 15.4 Å². The number of hydrogen-bond acceptors (Lipinski definition) is 3. The molecule has 23 heavy (non-hydrogen) atoms. The molecule has 0 aliphatic carbocycles. The van der Waals surface area contributed by atoms with E-state index in [4.69, 9.17) is 0 Å². The lowest BCUT2D eigenvalue weighted by atomic mass is 10.4. The number of nitrogens with zero attached hydrogens (tertiary/aromatic N) is 1. The summed E-state index contributed by atoms with van der Waals surface area (Å²) in [6.45, 7) is 4.77. The lowest BCUT2D eigenvalue weighted by Crippen LogP contribution is -2.38. The van der Waals surface area contributed by atoms with Crippen LogP contribution in [0, 0.1) is 0 Å². The van der Waals surface area contributed by atoms with Crippen molar-refractivity contribution in [3.63, 3.8) is 0 Å². The Morgan fingerprint density at radius 1 is 1.22 bits per heavy atom. The van der Waals surface area contributed by atoms with E-state index in [0.717, 1.165) is 13.0 Å². The highest BCUT2D eigenvalue weighted by molar-refractivity contribution is 7.11. The molecule has 0 unspecified atom stereocenters. The topological polar surface area (TPSA) is 45.7 Å². The van der Waals surface area contributed by atoms with Crippen LogP contribution in [0.2, 0.25) is 0 Å². The van der Waals surface area contributed by atoms with Gasteiger partial charge in [0.25, 0.3) is 0 Å². The van der Waals surface area contributed by atoms with Gasteiger partial charge in [-0.15, -0.1) is 11.3 Å². The van der Waals surface area contributed by atoms with E-state index in [2.05, 4.69) is 39.4 Å². The van der Waals surface area contributed by atoms with Crippen LogP contribution < -0.4 is 10.6 Å². The first-order chi connectivity index (χ1) is 10.9. The minimum atomic E-state index is -4.26. The zero-order valence-corrected chi connectivity index (χ0v) is 14.3. The molecule has 1 aromatic rings. The van der Waals surface area contributed by atoms with Crippen molar-refractivity contribution < 1.29 is 17.9 Å². The van der Waals surface area contributed by atoms with Gasteiger partial charge in [-0.05, 0) is 31.9 Å². The van der Waals surface area contributed by atoms with Gasteiger partial charge in [0.2, 0.25) is 0 Å². The molecule has 0 fully saturated rings. The van der Waals surface area contributed by atoms with Gasteiger partial charge in [0.1, 0.15) is 6.61 Å². The summed E-state index contributed by atoms with van der Waals surface area (Å²) >= 11 is 1.74. The molecule has 0 bridgehead atoms. The summed E-state index contributed by atoms with van der Waals surface area (Å²) in [5.41, 5.74) is 0. The molecule has 0 aliphatic heterocycles. The molecule has 2 N–H and O–H groups in total. The first-order valence-electron chi connectivity index (χ1n) is 7.69. The number of guanidine groups is 1. The Kier molecular flexibility index (Phi) is 9.01. The summed E-state index contributed by atoms with van der Waals surface area (Å²) in [5.74, 6) is 0.662. The van der Waals surface area contributed by atoms with E-state index in [1.165, 1.54) is 9.75 Å². The van der Waals surface area contributed by atoms with Crippen molar-refractivity contribution in [1.29, 1.82) is 0 Å². The molecule has 0 aromatic carbocycles. The number of alkyl halides is 3. The monoisotopic (exact) mass is 351 g/mol. The molecule has 132 valence electrons. The Morgan fingerprint density at radius 3 is 2.57 bits per heavy atom. The molecule has 0 saturated heterocycles. The van der Waals surface area contributed by atoms with Crippen molar-refractivity contribution in [3.05, 3.63) is 21.9 Å². The van der Waals surface area contributed by atoms with Crippen molar-refractivity contribution in [1.82, 2.24) is 10.6 Å². The SMILES string of the molecule is CCNC(=NCc1ccc(CC)s1)NCCCOCC(F)(F)F. The standard InChI is InChI=1S/C15H24F3N3OS/c1-3-12-6-7-13(23-12)10-21-14(19-4-2)20-8-5-9-22-11-15(16,17)18/h6-7H,3-5,8-11H2,1-2H3,(H2,19,20,21). The number of rotatable bonds is 9. The van der Waals surface area contributed by atoms with E-state index < -0.39 is 12.8 Å². The Bertz CT molecular complexity index is 475. The third-order valence-corrected chi connectivity index (χ3v) is 4.04. The maximum atomic E-state index is 11.9. The maximum absolute atomic E-state index is 11.9. The lowest BCUT2D eigenvalue weighted by Gasteiger charge is -2.11. The average molecular weight is 351 g/mol. The van der Waals surface area contributed by atoms with E-state index in [1.54, 1.807) is 11.3 Å². The van der Waals surface area contributed by atoms with Gasteiger partial charge in [-0.1, -0.05) is 6.92 Å². The molecule has 0 atom stereocenters. The third kappa shape index (κ3) is 9.45. The van der Waals surface area contributed by atoms with Crippen LogP contribution in [0.25, 0.3) is 0 Å². The number of hydrogen-bond donors (Lipinski definition) is 2. The molecule has 1 rings (SSSR count). The molecule has 8 heteroatoms. The van der Waals surface area contributed by atoms with E-state index in [1.807, 2.05) is 6.92 Å². The first kappa shape index (κ1) is 19.8. The number of ether oxygens (including phenoxy) is 1. The summed E-state index contributed by atoms with van der Waals surface area (Å²) in [6, 6.07) is 4.18. The molecule has 0 spiro atoms. The fourth-order valence-corrected chi connectivity index (χ4v) is 2.65. The molecule has 0 radical (unpaired) electrons. The fourth-order valence-electron chi connectivity index (χ4n) is 1.76. The Hall–Kier alpha value is -1.28. The predicted octanol–water partition coefficient (Wildman–Crippen LogP) is 3.33. The molecular weight excluding hydrogens is 327 g/mol. The largest absolute Gasteiger partial charge is 0.411 e. The highest BCUT2D eigenvalue weighted by Gasteiger charge is 2.27. The van der Waals surface area contributed by atoms with Gasteiger partial charge in [0, 0.05) is 29.5 Å². The third-order valence-electron chi connectivity index (χ3n) is 2.83. The molecule has 0 aliphatic rings. The van der Waals surface area contributed by atoms with Crippen LogP contribution in [0.5, 0.6) is 0 Å². The van der Waals surface area contributed by atoms with Crippen molar-refractivity contribution >= 4 is 17.3 Å². The van der Waals surface area contributed by atoms with Gasteiger partial charge in [0.15, 0.2) is 5.96 Å². The van der Waals surface area contributed by atoms with Gasteiger partial charge in [-0.2, -0.15) is 13.2 Å². The Labute approximate surface area is 139 Å². The second-order valence-corrected chi connectivity index (χ2v) is 6.12. The van der Waals surface area contributed by atoms with Crippen LogP contribution in [-0.2, 0) is 17.7 Å². The van der Waals surface area contributed by atoms with Gasteiger partial charge >= 0.3 is 6.18 Å². The minimum absolute atomic E-state index is 0.0662. The van der Waals surface area contributed by atoms with Crippen LogP contribution in [0.3, 0.4) is 0 Å². The second kappa shape index (κ2) is 10.5. The molecule has 0 amide bonds. The van der Waals surface area contributed by atoms with E-state index in [0.29, 0.717) is 25.5 Å².